The van der Waals surface area contributed by atoms with E-state index in [-0.39, 0.29) is 10.9 Å². The molecule has 0 aliphatic carbocycles. The first-order valence-corrected chi connectivity index (χ1v) is 5.30. The molecule has 4 nitrogen and oxygen atoms in total. The molecule has 0 radical (unpaired) electrons. The number of aromatic nitrogens is 1. The van der Waals surface area contributed by atoms with E-state index in [1.54, 1.807) is 12.1 Å². The lowest BCUT2D eigenvalue weighted by molar-refractivity contribution is 0.443. The van der Waals surface area contributed by atoms with Gasteiger partial charge < -0.3 is 5.11 Å². The smallest absolute Gasteiger partial charge is 0.238 e. The molecule has 0 fully saturated rings. The Morgan fingerprint density at radius 3 is 2.53 bits per heavy atom. The van der Waals surface area contributed by atoms with Crippen LogP contribution in [0.2, 0.25) is 0 Å². The zero-order chi connectivity index (χ0) is 10.8. The van der Waals surface area contributed by atoms with Gasteiger partial charge >= 0.3 is 0 Å². The van der Waals surface area contributed by atoms with E-state index in [0.717, 1.165) is 11.3 Å². The molecule has 0 unspecified atom stereocenters. The standard InChI is InChI=1S/C9H6N2O2S2/c12-8-7(10-13)15-9(14)11(8)6-4-2-1-3-5-6/h1-5,12H. The summed E-state index contributed by atoms with van der Waals surface area (Å²) in [7, 11) is 0. The van der Waals surface area contributed by atoms with Crippen molar-refractivity contribution >= 4 is 28.6 Å². The van der Waals surface area contributed by atoms with Crippen molar-refractivity contribution in [1.82, 2.24) is 4.57 Å². The lowest BCUT2D eigenvalue weighted by Gasteiger charge is -2.02. The molecule has 0 saturated heterocycles. The average Bonchev–Trinajstić information content (AvgIpc) is 2.55. The normalized spacial score (nSPS) is 10.1. The number of benzene rings is 1. The SMILES string of the molecule is O=Nc1sc(=S)n(-c2ccccc2)c1O. The highest BCUT2D eigenvalue weighted by Gasteiger charge is 2.13. The summed E-state index contributed by atoms with van der Waals surface area (Å²) in [4.78, 5) is 10.4. The minimum atomic E-state index is -0.203. The van der Waals surface area contributed by atoms with Crippen LogP contribution in [0.15, 0.2) is 35.5 Å². The first kappa shape index (κ1) is 10.0. The van der Waals surface area contributed by atoms with Crippen molar-refractivity contribution in [1.29, 1.82) is 0 Å². The molecule has 0 aliphatic heterocycles. The number of thiazole rings is 1. The molecule has 1 N–H and O–H groups in total. The molecule has 2 rings (SSSR count). The second-order valence-corrected chi connectivity index (χ2v) is 4.38. The van der Waals surface area contributed by atoms with E-state index in [1.165, 1.54) is 4.57 Å². The molecule has 1 aromatic heterocycles. The molecule has 0 bridgehead atoms. The van der Waals surface area contributed by atoms with Gasteiger partial charge in [-0.05, 0) is 29.5 Å². The monoisotopic (exact) mass is 238 g/mol. The van der Waals surface area contributed by atoms with Gasteiger partial charge in [0.1, 0.15) is 0 Å². The number of para-hydroxylation sites is 1. The topological polar surface area (TPSA) is 54.6 Å². The molecule has 0 spiro atoms. The average molecular weight is 238 g/mol. The van der Waals surface area contributed by atoms with Crippen LogP contribution in [0.4, 0.5) is 5.00 Å². The summed E-state index contributed by atoms with van der Waals surface area (Å²) in [6, 6.07) is 9.08. The number of hydrogen-bond donors (Lipinski definition) is 1. The third-order valence-corrected chi connectivity index (χ3v) is 3.11. The Labute approximate surface area is 94.4 Å². The fourth-order valence-electron chi connectivity index (χ4n) is 1.22. The third-order valence-electron chi connectivity index (χ3n) is 1.87. The lowest BCUT2D eigenvalue weighted by Crippen LogP contribution is -1.91. The van der Waals surface area contributed by atoms with E-state index in [9.17, 15) is 10.0 Å². The van der Waals surface area contributed by atoms with E-state index in [0.29, 0.717) is 9.64 Å². The maximum Gasteiger partial charge on any atom is 0.238 e. The maximum absolute atomic E-state index is 10.4. The molecule has 0 aliphatic rings. The molecule has 2 aromatic rings. The van der Waals surface area contributed by atoms with Crippen LogP contribution in [0.1, 0.15) is 0 Å². The first-order valence-electron chi connectivity index (χ1n) is 4.07. The van der Waals surface area contributed by atoms with Gasteiger partial charge in [-0.15, -0.1) is 4.91 Å². The number of nitroso groups, excluding NO2 is 1. The Balaban J connectivity index is 2.69. The summed E-state index contributed by atoms with van der Waals surface area (Å²) in [5.74, 6) is -0.203. The van der Waals surface area contributed by atoms with Crippen LogP contribution in [0.5, 0.6) is 5.88 Å². The molecule has 1 heterocycles. The Morgan fingerprint density at radius 2 is 2.00 bits per heavy atom. The van der Waals surface area contributed by atoms with Gasteiger partial charge in [0.2, 0.25) is 10.9 Å². The van der Waals surface area contributed by atoms with Gasteiger partial charge in [0.15, 0.2) is 3.95 Å². The molecule has 15 heavy (non-hydrogen) atoms. The molecule has 0 saturated carbocycles. The van der Waals surface area contributed by atoms with Crippen molar-refractivity contribution in [2.24, 2.45) is 5.18 Å². The summed E-state index contributed by atoms with van der Waals surface area (Å²) < 4.78 is 1.81. The first-order chi connectivity index (χ1) is 7.24. The van der Waals surface area contributed by atoms with Crippen molar-refractivity contribution in [3.05, 3.63) is 39.2 Å². The Morgan fingerprint density at radius 1 is 1.33 bits per heavy atom. The zero-order valence-electron chi connectivity index (χ0n) is 7.45. The van der Waals surface area contributed by atoms with Crippen LogP contribution in [0, 0.1) is 8.86 Å². The summed E-state index contributed by atoms with van der Waals surface area (Å²) in [6.07, 6.45) is 0. The van der Waals surface area contributed by atoms with Crippen LogP contribution in [-0.4, -0.2) is 9.67 Å². The lowest BCUT2D eigenvalue weighted by atomic mass is 10.3. The third kappa shape index (κ3) is 1.69. The van der Waals surface area contributed by atoms with Gasteiger partial charge in [-0.2, -0.15) is 0 Å². The molecular formula is C9H6N2O2S2. The van der Waals surface area contributed by atoms with Crippen LogP contribution >= 0.6 is 23.6 Å². The van der Waals surface area contributed by atoms with Crippen molar-refractivity contribution < 1.29 is 5.11 Å². The van der Waals surface area contributed by atoms with Crippen molar-refractivity contribution in [2.45, 2.75) is 0 Å². The fraction of sp³-hybridized carbons (Fsp3) is 0. The number of aromatic hydroxyl groups is 1. The zero-order valence-corrected chi connectivity index (χ0v) is 9.09. The van der Waals surface area contributed by atoms with E-state index in [4.69, 9.17) is 12.2 Å². The highest BCUT2D eigenvalue weighted by atomic mass is 32.1. The number of hydrogen-bond acceptors (Lipinski definition) is 5. The second-order valence-electron chi connectivity index (χ2n) is 2.76. The summed E-state index contributed by atoms with van der Waals surface area (Å²) in [5.41, 5.74) is 0.714. The van der Waals surface area contributed by atoms with Gasteiger partial charge in [-0.25, -0.2) is 0 Å². The van der Waals surface area contributed by atoms with Gasteiger partial charge in [-0.3, -0.25) is 4.57 Å². The summed E-state index contributed by atoms with van der Waals surface area (Å²) in [6.45, 7) is 0. The van der Waals surface area contributed by atoms with Gasteiger partial charge in [0.25, 0.3) is 0 Å². The molecule has 1 aromatic carbocycles. The number of rotatable bonds is 2. The molecule has 0 atom stereocenters. The van der Waals surface area contributed by atoms with Crippen LogP contribution < -0.4 is 0 Å². The molecular weight excluding hydrogens is 232 g/mol. The van der Waals surface area contributed by atoms with E-state index >= 15 is 0 Å². The van der Waals surface area contributed by atoms with E-state index in [2.05, 4.69) is 5.18 Å². The largest absolute Gasteiger partial charge is 0.492 e. The van der Waals surface area contributed by atoms with Gasteiger partial charge in [-0.1, -0.05) is 29.5 Å². The Hall–Kier alpha value is -1.53. The summed E-state index contributed by atoms with van der Waals surface area (Å²) >= 11 is 6.02. The highest BCUT2D eigenvalue weighted by molar-refractivity contribution is 7.73. The van der Waals surface area contributed by atoms with Crippen LogP contribution in [-0.2, 0) is 0 Å². The molecule has 76 valence electrons. The highest BCUT2D eigenvalue weighted by Crippen LogP contribution is 2.36. The molecule has 6 heteroatoms. The van der Waals surface area contributed by atoms with Gasteiger partial charge in [0.05, 0.1) is 5.69 Å². The van der Waals surface area contributed by atoms with Crippen LogP contribution in [0.3, 0.4) is 0 Å². The second kappa shape index (κ2) is 3.92. The van der Waals surface area contributed by atoms with E-state index in [1.807, 2.05) is 18.2 Å². The van der Waals surface area contributed by atoms with Crippen LogP contribution in [0.25, 0.3) is 5.69 Å². The van der Waals surface area contributed by atoms with Gasteiger partial charge in [0, 0.05) is 0 Å². The van der Waals surface area contributed by atoms with Crippen molar-refractivity contribution in [2.75, 3.05) is 0 Å². The Kier molecular flexibility index (Phi) is 2.61. The van der Waals surface area contributed by atoms with Crippen molar-refractivity contribution in [3.8, 4) is 11.6 Å². The fourth-order valence-corrected chi connectivity index (χ4v) is 2.32. The quantitative estimate of drug-likeness (QED) is 0.644. The molecule has 0 amide bonds. The van der Waals surface area contributed by atoms with E-state index < -0.39 is 0 Å². The minimum absolute atomic E-state index is 0.00357. The summed E-state index contributed by atoms with van der Waals surface area (Å²) in [5, 5.41) is 12.4. The number of nitrogens with zero attached hydrogens (tertiary/aromatic N) is 2. The Bertz CT molecular complexity index is 545. The minimum Gasteiger partial charge on any atom is -0.492 e. The predicted molar refractivity (Wildman–Crippen MR) is 61.6 cm³/mol. The maximum atomic E-state index is 10.4. The predicted octanol–water partition coefficient (Wildman–Crippen LogP) is 3.37. The van der Waals surface area contributed by atoms with Crippen molar-refractivity contribution in [3.63, 3.8) is 0 Å².